The quantitative estimate of drug-likeness (QED) is 0.522. The van der Waals surface area contributed by atoms with Gasteiger partial charge in [-0.2, -0.15) is 18.3 Å². The van der Waals surface area contributed by atoms with Crippen molar-refractivity contribution in [1.29, 1.82) is 0 Å². The van der Waals surface area contributed by atoms with E-state index in [-0.39, 0.29) is 12.2 Å². The summed E-state index contributed by atoms with van der Waals surface area (Å²) in [6, 6.07) is 6.19. The monoisotopic (exact) mass is 369 g/mol. The number of H-pyrrole nitrogens is 1. The van der Waals surface area contributed by atoms with E-state index in [0.717, 1.165) is 17.0 Å². The number of aromatic nitrogens is 3. The number of nitrogens with one attached hydrogen (secondary N) is 2. The zero-order valence-corrected chi connectivity index (χ0v) is 13.2. The first-order valence-electron chi connectivity index (χ1n) is 6.89. The molecular formula is C14H10F3N5O2S. The van der Waals surface area contributed by atoms with Crippen LogP contribution in [0.25, 0.3) is 10.7 Å². The van der Waals surface area contributed by atoms with E-state index >= 15 is 0 Å². The Balaban J connectivity index is 1.80. The third-order valence-electron chi connectivity index (χ3n) is 3.24. The normalized spacial score (nSPS) is 11.5. The van der Waals surface area contributed by atoms with Gasteiger partial charge in [-0.15, -0.1) is 11.3 Å². The minimum absolute atomic E-state index is 0.0424. The van der Waals surface area contributed by atoms with Crippen LogP contribution < -0.4 is 5.32 Å². The van der Waals surface area contributed by atoms with Crippen LogP contribution in [0.15, 0.2) is 35.7 Å². The van der Waals surface area contributed by atoms with Crippen molar-refractivity contribution in [2.24, 2.45) is 0 Å². The number of hydrogen-bond donors (Lipinski definition) is 2. The molecule has 11 heteroatoms. The lowest BCUT2D eigenvalue weighted by Gasteiger charge is -2.13. The van der Waals surface area contributed by atoms with Crippen molar-refractivity contribution in [2.45, 2.75) is 12.7 Å². The topological polar surface area (TPSA) is 96.7 Å². The minimum Gasteiger partial charge on any atom is -0.377 e. The fourth-order valence-corrected chi connectivity index (χ4v) is 2.76. The van der Waals surface area contributed by atoms with Gasteiger partial charge in [-0.05, 0) is 17.5 Å². The van der Waals surface area contributed by atoms with E-state index in [1.54, 1.807) is 0 Å². The molecule has 0 saturated carbocycles. The lowest BCUT2D eigenvalue weighted by molar-refractivity contribution is -0.385. The fraction of sp³-hybridized carbons (Fsp3) is 0.143. The summed E-state index contributed by atoms with van der Waals surface area (Å²) in [4.78, 5) is 14.8. The Kier molecular flexibility index (Phi) is 4.40. The third kappa shape index (κ3) is 3.76. The van der Waals surface area contributed by atoms with Crippen molar-refractivity contribution >= 4 is 22.7 Å². The summed E-state index contributed by atoms with van der Waals surface area (Å²) in [5, 5.41) is 21.8. The Morgan fingerprint density at radius 2 is 2.12 bits per heavy atom. The van der Waals surface area contributed by atoms with Gasteiger partial charge in [0.15, 0.2) is 5.82 Å². The van der Waals surface area contributed by atoms with Gasteiger partial charge in [0.2, 0.25) is 0 Å². The molecule has 7 nitrogen and oxygen atoms in total. The van der Waals surface area contributed by atoms with Crippen molar-refractivity contribution in [2.75, 3.05) is 5.32 Å². The maximum Gasteiger partial charge on any atom is 0.418 e. The summed E-state index contributed by atoms with van der Waals surface area (Å²) in [6.45, 7) is -0.0424. The van der Waals surface area contributed by atoms with Gasteiger partial charge in [-0.3, -0.25) is 15.2 Å². The van der Waals surface area contributed by atoms with Crippen LogP contribution in [0.4, 0.5) is 24.5 Å². The molecule has 0 aliphatic carbocycles. The number of benzene rings is 1. The standard InChI is InChI=1S/C14H10F3N5O2S/c15-14(16,17)9-6-8(22(23)24)3-4-10(9)18-7-12-19-13(21-20-12)11-2-1-5-25-11/h1-6,18H,7H2,(H,19,20,21). The number of anilines is 1. The molecule has 0 spiro atoms. The molecule has 25 heavy (non-hydrogen) atoms. The van der Waals surface area contributed by atoms with Gasteiger partial charge >= 0.3 is 6.18 Å². The summed E-state index contributed by atoms with van der Waals surface area (Å²) in [6.07, 6.45) is -4.72. The molecule has 0 aliphatic rings. The lowest BCUT2D eigenvalue weighted by atomic mass is 10.1. The number of halogens is 3. The van der Waals surface area contributed by atoms with E-state index in [0.29, 0.717) is 17.7 Å². The molecule has 0 atom stereocenters. The first kappa shape index (κ1) is 16.9. The molecule has 0 saturated heterocycles. The molecule has 2 aromatic heterocycles. The average Bonchev–Trinajstić information content (AvgIpc) is 3.23. The molecule has 0 unspecified atom stereocenters. The molecule has 3 aromatic rings. The van der Waals surface area contributed by atoms with Crippen LogP contribution in [0, 0.1) is 10.1 Å². The summed E-state index contributed by atoms with van der Waals surface area (Å²) >= 11 is 1.44. The maximum absolute atomic E-state index is 13.1. The Morgan fingerprint density at radius 1 is 1.32 bits per heavy atom. The highest BCUT2D eigenvalue weighted by Gasteiger charge is 2.35. The number of aromatic amines is 1. The van der Waals surface area contributed by atoms with Crippen LogP contribution in [-0.4, -0.2) is 20.1 Å². The van der Waals surface area contributed by atoms with Crippen molar-refractivity contribution in [3.63, 3.8) is 0 Å². The molecule has 0 bridgehead atoms. The van der Waals surface area contributed by atoms with E-state index in [1.165, 1.54) is 11.3 Å². The van der Waals surface area contributed by atoms with Crippen LogP contribution in [-0.2, 0) is 12.7 Å². The number of nitro benzene ring substituents is 1. The predicted octanol–water partition coefficient (Wildman–Crippen LogP) is 4.07. The first-order valence-corrected chi connectivity index (χ1v) is 7.77. The van der Waals surface area contributed by atoms with Gasteiger partial charge in [-0.1, -0.05) is 6.07 Å². The van der Waals surface area contributed by atoms with E-state index in [1.807, 2.05) is 17.5 Å². The fourth-order valence-electron chi connectivity index (χ4n) is 2.10. The van der Waals surface area contributed by atoms with Crippen molar-refractivity contribution in [1.82, 2.24) is 15.2 Å². The largest absolute Gasteiger partial charge is 0.418 e. The molecule has 3 rings (SSSR count). The molecule has 0 radical (unpaired) electrons. The molecule has 0 amide bonds. The highest BCUT2D eigenvalue weighted by Crippen LogP contribution is 2.37. The van der Waals surface area contributed by atoms with Crippen LogP contribution in [0.2, 0.25) is 0 Å². The van der Waals surface area contributed by atoms with E-state index in [4.69, 9.17) is 0 Å². The second kappa shape index (κ2) is 6.51. The molecule has 0 fully saturated rings. The molecule has 130 valence electrons. The number of hydrogen-bond acceptors (Lipinski definition) is 6. The highest BCUT2D eigenvalue weighted by atomic mass is 32.1. The average molecular weight is 369 g/mol. The molecular weight excluding hydrogens is 359 g/mol. The third-order valence-corrected chi connectivity index (χ3v) is 4.10. The summed E-state index contributed by atoms with van der Waals surface area (Å²) in [7, 11) is 0. The molecule has 2 heterocycles. The molecule has 1 aromatic carbocycles. The second-order valence-electron chi connectivity index (χ2n) is 4.92. The van der Waals surface area contributed by atoms with Crippen LogP contribution in [0.1, 0.15) is 11.4 Å². The number of thiophene rings is 1. The zero-order valence-electron chi connectivity index (χ0n) is 12.4. The highest BCUT2D eigenvalue weighted by molar-refractivity contribution is 7.13. The molecule has 2 N–H and O–H groups in total. The van der Waals surface area contributed by atoms with E-state index in [9.17, 15) is 23.3 Å². The van der Waals surface area contributed by atoms with Crippen LogP contribution in [0.5, 0.6) is 0 Å². The molecule has 0 aliphatic heterocycles. The summed E-state index contributed by atoms with van der Waals surface area (Å²) in [5.41, 5.74) is -2.01. The lowest BCUT2D eigenvalue weighted by Crippen LogP contribution is -2.12. The van der Waals surface area contributed by atoms with Gasteiger partial charge < -0.3 is 5.32 Å². The van der Waals surface area contributed by atoms with Crippen LogP contribution >= 0.6 is 11.3 Å². The number of alkyl halides is 3. The number of rotatable bonds is 5. The summed E-state index contributed by atoms with van der Waals surface area (Å²) in [5.74, 6) is 0.793. The van der Waals surface area contributed by atoms with Gasteiger partial charge in [-0.25, -0.2) is 4.98 Å². The zero-order chi connectivity index (χ0) is 18.0. The number of nitro groups is 1. The second-order valence-corrected chi connectivity index (χ2v) is 5.87. The van der Waals surface area contributed by atoms with Gasteiger partial charge in [0.05, 0.1) is 21.9 Å². The number of non-ortho nitro benzene ring substituents is 1. The van der Waals surface area contributed by atoms with Crippen LogP contribution in [0.3, 0.4) is 0 Å². The maximum atomic E-state index is 13.1. The predicted molar refractivity (Wildman–Crippen MR) is 85.1 cm³/mol. The van der Waals surface area contributed by atoms with Crippen molar-refractivity contribution in [3.05, 3.63) is 57.2 Å². The first-order chi connectivity index (χ1) is 11.8. The van der Waals surface area contributed by atoms with Gasteiger partial charge in [0.1, 0.15) is 5.82 Å². The Labute approximate surface area is 142 Å². The van der Waals surface area contributed by atoms with E-state index < -0.39 is 22.4 Å². The van der Waals surface area contributed by atoms with E-state index in [2.05, 4.69) is 20.5 Å². The summed E-state index contributed by atoms with van der Waals surface area (Å²) < 4.78 is 39.3. The van der Waals surface area contributed by atoms with Gasteiger partial charge in [0.25, 0.3) is 5.69 Å². The SMILES string of the molecule is O=[N+]([O-])c1ccc(NCc2nc(-c3cccs3)n[nH]2)c(C(F)(F)F)c1. The smallest absolute Gasteiger partial charge is 0.377 e. The Hall–Kier alpha value is -2.95. The number of nitrogens with zero attached hydrogens (tertiary/aromatic N) is 3. The van der Waals surface area contributed by atoms with Crippen molar-refractivity contribution in [3.8, 4) is 10.7 Å². The minimum atomic E-state index is -4.72. The Morgan fingerprint density at radius 3 is 2.76 bits per heavy atom. The van der Waals surface area contributed by atoms with Crippen molar-refractivity contribution < 1.29 is 18.1 Å². The Bertz CT molecular complexity index is 892. The van der Waals surface area contributed by atoms with Gasteiger partial charge in [0, 0.05) is 17.8 Å².